The summed E-state index contributed by atoms with van der Waals surface area (Å²) in [7, 11) is 0. The van der Waals surface area contributed by atoms with Crippen molar-refractivity contribution in [2.24, 2.45) is 5.92 Å². The molecule has 1 saturated heterocycles. The summed E-state index contributed by atoms with van der Waals surface area (Å²) < 4.78 is 39.5. The largest absolute Gasteiger partial charge is 0.434 e. The van der Waals surface area contributed by atoms with Crippen molar-refractivity contribution in [1.29, 1.82) is 0 Å². The number of halogens is 3. The van der Waals surface area contributed by atoms with Gasteiger partial charge in [-0.3, -0.25) is 4.98 Å². The molecular weight excluding hydrogens is 431 g/mol. The molecule has 0 aromatic carbocycles. The number of piperidine rings is 1. The summed E-state index contributed by atoms with van der Waals surface area (Å²) in [6, 6.07) is 2.81. The molecule has 0 unspecified atom stereocenters. The lowest BCUT2D eigenvalue weighted by Gasteiger charge is -2.31. The van der Waals surface area contributed by atoms with Crippen molar-refractivity contribution in [2.45, 2.75) is 28.9 Å². The lowest BCUT2D eigenvalue weighted by Crippen LogP contribution is -2.37. The SMILES string of the molecule is OCCN1CCC(CNc2nc3nc(Sc4cccnc4C(F)(F)F)cnc3[nH]2)CC1. The fourth-order valence-electron chi connectivity index (χ4n) is 3.50. The van der Waals surface area contributed by atoms with Gasteiger partial charge in [-0.15, -0.1) is 0 Å². The third-order valence-electron chi connectivity index (χ3n) is 5.12. The molecule has 0 bridgehead atoms. The summed E-state index contributed by atoms with van der Waals surface area (Å²) in [5, 5.41) is 12.6. The highest BCUT2D eigenvalue weighted by Gasteiger charge is 2.35. The summed E-state index contributed by atoms with van der Waals surface area (Å²) >= 11 is 0.853. The number of nitrogens with one attached hydrogen (secondary N) is 2. The second-order valence-electron chi connectivity index (χ2n) is 7.31. The van der Waals surface area contributed by atoms with Crippen LogP contribution in [0.2, 0.25) is 0 Å². The first-order valence-corrected chi connectivity index (χ1v) is 10.7. The van der Waals surface area contributed by atoms with Crippen LogP contribution in [-0.4, -0.2) is 67.7 Å². The van der Waals surface area contributed by atoms with E-state index in [1.165, 1.54) is 18.3 Å². The molecule has 3 aromatic heterocycles. The van der Waals surface area contributed by atoms with Gasteiger partial charge in [0, 0.05) is 24.2 Å². The minimum Gasteiger partial charge on any atom is -0.395 e. The van der Waals surface area contributed by atoms with Crippen LogP contribution in [0.25, 0.3) is 11.3 Å². The minimum atomic E-state index is -4.54. The molecule has 4 rings (SSSR count). The molecule has 0 saturated carbocycles. The maximum absolute atomic E-state index is 13.2. The highest BCUT2D eigenvalue weighted by molar-refractivity contribution is 7.99. The number of rotatable bonds is 7. The quantitative estimate of drug-likeness (QED) is 0.502. The van der Waals surface area contributed by atoms with Gasteiger partial charge in [0.1, 0.15) is 5.03 Å². The Hall–Kier alpha value is -2.44. The van der Waals surface area contributed by atoms with Gasteiger partial charge >= 0.3 is 6.18 Å². The Bertz CT molecular complexity index is 1020. The number of β-amino-alcohol motifs (C(OH)–C–C–N with tert-alkyl or cyclic N) is 1. The van der Waals surface area contributed by atoms with Crippen molar-refractivity contribution in [3.8, 4) is 0 Å². The number of anilines is 1. The predicted octanol–water partition coefficient (Wildman–Crippen LogP) is 3.03. The average molecular weight is 453 g/mol. The van der Waals surface area contributed by atoms with Crippen LogP contribution in [0.15, 0.2) is 34.4 Å². The number of aromatic amines is 1. The van der Waals surface area contributed by atoms with Crippen LogP contribution in [0, 0.1) is 5.92 Å². The number of hydrogen-bond donors (Lipinski definition) is 3. The highest BCUT2D eigenvalue weighted by atomic mass is 32.2. The molecule has 1 aliphatic rings. The Morgan fingerprint density at radius 1 is 1.23 bits per heavy atom. The molecule has 0 aliphatic carbocycles. The van der Waals surface area contributed by atoms with E-state index in [1.54, 1.807) is 0 Å². The number of pyridine rings is 1. The van der Waals surface area contributed by atoms with E-state index in [1.807, 2.05) is 0 Å². The molecule has 0 atom stereocenters. The van der Waals surface area contributed by atoms with Crippen LogP contribution in [0.4, 0.5) is 19.1 Å². The first-order chi connectivity index (χ1) is 14.9. The number of aromatic nitrogens is 5. The van der Waals surface area contributed by atoms with Crippen molar-refractivity contribution >= 4 is 29.0 Å². The van der Waals surface area contributed by atoms with Crippen LogP contribution in [0.3, 0.4) is 0 Å². The monoisotopic (exact) mass is 453 g/mol. The third kappa shape index (κ3) is 5.43. The number of alkyl halides is 3. The average Bonchev–Trinajstić information content (AvgIpc) is 3.15. The smallest absolute Gasteiger partial charge is 0.395 e. The van der Waals surface area contributed by atoms with Gasteiger partial charge in [-0.1, -0.05) is 11.8 Å². The van der Waals surface area contributed by atoms with E-state index in [2.05, 4.69) is 35.1 Å². The standard InChI is InChI=1S/C19H22F3N7OS/c20-19(21,22)15-13(2-1-5-23-15)31-14-11-24-16-17(26-14)28-18(27-16)25-10-12-3-6-29(7-4-12)8-9-30/h1-2,5,11-12,30H,3-4,6-10H2,(H2,24,25,26,27,28). The van der Waals surface area contributed by atoms with Crippen LogP contribution >= 0.6 is 11.8 Å². The molecule has 0 spiro atoms. The Kier molecular flexibility index (Phi) is 6.58. The van der Waals surface area contributed by atoms with Gasteiger partial charge in [-0.2, -0.15) is 18.2 Å². The number of likely N-dealkylation sites (tertiary alicyclic amines) is 1. The zero-order valence-corrected chi connectivity index (χ0v) is 17.4. The number of aliphatic hydroxyl groups is 1. The van der Waals surface area contributed by atoms with E-state index in [-0.39, 0.29) is 11.5 Å². The van der Waals surface area contributed by atoms with Crippen molar-refractivity contribution < 1.29 is 18.3 Å². The second-order valence-corrected chi connectivity index (χ2v) is 8.37. The molecular formula is C19H22F3N7OS. The summed E-state index contributed by atoms with van der Waals surface area (Å²) in [6.07, 6.45) is 0.0655. The number of nitrogens with zero attached hydrogens (tertiary/aromatic N) is 5. The summed E-state index contributed by atoms with van der Waals surface area (Å²) in [6.45, 7) is 3.57. The molecule has 1 fully saturated rings. The van der Waals surface area contributed by atoms with E-state index in [9.17, 15) is 13.2 Å². The Balaban J connectivity index is 1.40. The molecule has 3 N–H and O–H groups in total. The van der Waals surface area contributed by atoms with Crippen molar-refractivity contribution in [1.82, 2.24) is 29.8 Å². The minimum absolute atomic E-state index is 0.0370. The van der Waals surface area contributed by atoms with Crippen LogP contribution in [0.5, 0.6) is 0 Å². The molecule has 8 nitrogen and oxygen atoms in total. The van der Waals surface area contributed by atoms with Crippen LogP contribution < -0.4 is 5.32 Å². The predicted molar refractivity (Wildman–Crippen MR) is 110 cm³/mol. The first-order valence-electron chi connectivity index (χ1n) is 9.92. The van der Waals surface area contributed by atoms with Gasteiger partial charge in [0.2, 0.25) is 5.95 Å². The number of hydrogen-bond acceptors (Lipinski definition) is 8. The Labute approximate surface area is 180 Å². The van der Waals surface area contributed by atoms with Gasteiger partial charge in [0.25, 0.3) is 0 Å². The second kappa shape index (κ2) is 9.37. The Morgan fingerprint density at radius 3 is 2.77 bits per heavy atom. The van der Waals surface area contributed by atoms with E-state index >= 15 is 0 Å². The van der Waals surface area contributed by atoms with Crippen molar-refractivity contribution in [3.05, 3.63) is 30.2 Å². The Morgan fingerprint density at radius 2 is 2.03 bits per heavy atom. The molecule has 0 radical (unpaired) electrons. The number of aliphatic hydroxyl groups excluding tert-OH is 1. The van der Waals surface area contributed by atoms with E-state index in [4.69, 9.17) is 5.11 Å². The molecule has 1 aliphatic heterocycles. The topological polar surface area (TPSA) is 103 Å². The lowest BCUT2D eigenvalue weighted by molar-refractivity contribution is -0.143. The fourth-order valence-corrected chi connectivity index (χ4v) is 4.38. The van der Waals surface area contributed by atoms with Gasteiger partial charge in [-0.25, -0.2) is 9.97 Å². The summed E-state index contributed by atoms with van der Waals surface area (Å²) in [5.74, 6) is 1.04. The van der Waals surface area contributed by atoms with E-state index in [0.29, 0.717) is 34.7 Å². The third-order valence-corrected chi connectivity index (χ3v) is 6.08. The maximum Gasteiger partial charge on any atom is 0.434 e. The van der Waals surface area contributed by atoms with Crippen LogP contribution in [-0.2, 0) is 6.18 Å². The molecule has 3 aromatic rings. The van der Waals surface area contributed by atoms with Crippen LogP contribution in [0.1, 0.15) is 18.5 Å². The number of imidazole rings is 1. The van der Waals surface area contributed by atoms with Crippen molar-refractivity contribution in [3.63, 3.8) is 0 Å². The lowest BCUT2D eigenvalue weighted by atomic mass is 9.97. The highest BCUT2D eigenvalue weighted by Crippen LogP contribution is 2.37. The maximum atomic E-state index is 13.2. The van der Waals surface area contributed by atoms with E-state index < -0.39 is 11.9 Å². The van der Waals surface area contributed by atoms with Gasteiger partial charge in [0.15, 0.2) is 17.0 Å². The molecule has 12 heteroatoms. The summed E-state index contributed by atoms with van der Waals surface area (Å²) in [5.41, 5.74) is -0.147. The fraction of sp³-hybridized carbons (Fsp3) is 0.474. The van der Waals surface area contributed by atoms with Crippen molar-refractivity contribution in [2.75, 3.05) is 38.1 Å². The zero-order chi connectivity index (χ0) is 21.8. The van der Waals surface area contributed by atoms with E-state index in [0.717, 1.165) is 50.4 Å². The first kappa shape index (κ1) is 21.8. The zero-order valence-electron chi connectivity index (χ0n) is 16.6. The molecule has 4 heterocycles. The van der Waals surface area contributed by atoms with Gasteiger partial charge < -0.3 is 20.3 Å². The van der Waals surface area contributed by atoms with Gasteiger partial charge in [-0.05, 0) is 44.0 Å². The molecule has 166 valence electrons. The number of fused-ring (bicyclic) bond motifs is 1. The molecule has 0 amide bonds. The normalized spacial score (nSPS) is 16.1. The summed E-state index contributed by atoms with van der Waals surface area (Å²) in [4.78, 5) is 21.7. The number of H-pyrrole nitrogens is 1. The van der Waals surface area contributed by atoms with Gasteiger partial charge in [0.05, 0.1) is 12.8 Å². The molecule has 31 heavy (non-hydrogen) atoms.